The molecule has 5 unspecified atom stereocenters. The fourth-order valence-electron chi connectivity index (χ4n) is 7.27. The number of hydrogen-bond donors (Lipinski definition) is 4. The van der Waals surface area contributed by atoms with Crippen LogP contribution in [0.5, 0.6) is 0 Å². The van der Waals surface area contributed by atoms with Crippen LogP contribution < -0.4 is 21.3 Å². The minimum Gasteiger partial charge on any atom is -0.459 e. The average molecular weight is 690 g/mol. The highest BCUT2D eigenvalue weighted by molar-refractivity contribution is 7.85. The Balaban J connectivity index is 1.05. The lowest BCUT2D eigenvalue weighted by Gasteiger charge is -2.29. The van der Waals surface area contributed by atoms with Crippen molar-refractivity contribution in [2.45, 2.75) is 90.5 Å². The first-order valence-corrected chi connectivity index (χ1v) is 18.7. The molecule has 4 heterocycles. The summed E-state index contributed by atoms with van der Waals surface area (Å²) in [7, 11) is -0.898. The van der Waals surface area contributed by atoms with Crippen molar-refractivity contribution < 1.29 is 27.4 Å². The Bertz CT molecular complexity index is 1870. The number of fused-ring (bicyclic) bond motifs is 2. The van der Waals surface area contributed by atoms with Crippen LogP contribution in [0, 0.1) is 19.8 Å². The quantitative estimate of drug-likeness (QED) is 0.149. The van der Waals surface area contributed by atoms with E-state index in [-0.39, 0.29) is 36.0 Å². The van der Waals surface area contributed by atoms with E-state index in [2.05, 4.69) is 28.2 Å². The maximum atomic E-state index is 13.5. The molecule has 0 radical (unpaired) electrons. The van der Waals surface area contributed by atoms with Crippen LogP contribution in [0.4, 0.5) is 9.59 Å². The van der Waals surface area contributed by atoms with Gasteiger partial charge in [0, 0.05) is 62.8 Å². The second-order valence-electron chi connectivity index (χ2n) is 13.7. The summed E-state index contributed by atoms with van der Waals surface area (Å²) in [6, 6.07) is 13.3. The minimum absolute atomic E-state index is 0.0224. The normalized spacial score (nSPS) is 21.9. The molecule has 49 heavy (non-hydrogen) atoms. The molecule has 2 aliphatic heterocycles. The molecule has 0 spiro atoms. The van der Waals surface area contributed by atoms with Crippen LogP contribution in [0.3, 0.4) is 0 Å². The zero-order chi connectivity index (χ0) is 34.8. The van der Waals surface area contributed by atoms with Crippen molar-refractivity contribution in [3.05, 3.63) is 71.2 Å². The molecule has 4 aromatic rings. The number of amides is 5. The molecule has 12 heteroatoms. The van der Waals surface area contributed by atoms with Gasteiger partial charge in [0.1, 0.15) is 28.7 Å². The third kappa shape index (κ3) is 7.49. The van der Waals surface area contributed by atoms with E-state index in [4.69, 9.17) is 8.83 Å². The second kappa shape index (κ2) is 14.7. The van der Waals surface area contributed by atoms with Crippen molar-refractivity contribution in [3.63, 3.8) is 0 Å². The molecule has 0 aliphatic carbocycles. The summed E-state index contributed by atoms with van der Waals surface area (Å²) >= 11 is 0. The van der Waals surface area contributed by atoms with Gasteiger partial charge in [-0.3, -0.25) is 9.00 Å². The molecule has 6 rings (SSSR count). The number of aryl methyl sites for hydroxylation is 2. The molecule has 0 bridgehead atoms. The molecule has 2 aromatic heterocycles. The van der Waals surface area contributed by atoms with Gasteiger partial charge < -0.3 is 35.0 Å². The van der Waals surface area contributed by atoms with Gasteiger partial charge in [-0.1, -0.05) is 43.3 Å². The lowest BCUT2D eigenvalue weighted by Crippen LogP contribution is -2.48. The molecule has 2 fully saturated rings. The van der Waals surface area contributed by atoms with Crippen molar-refractivity contribution in [1.82, 2.24) is 26.2 Å². The van der Waals surface area contributed by atoms with E-state index in [1.54, 1.807) is 0 Å². The number of likely N-dealkylation sites (tertiary alicyclic amines) is 1. The number of hydrogen-bond acceptors (Lipinski definition) is 6. The van der Waals surface area contributed by atoms with Crippen molar-refractivity contribution in [1.29, 1.82) is 0 Å². The molecule has 5 amide bonds. The number of furan rings is 2. The highest BCUT2D eigenvalue weighted by atomic mass is 32.2. The Morgan fingerprint density at radius 3 is 2.10 bits per heavy atom. The van der Waals surface area contributed by atoms with Crippen LogP contribution >= 0.6 is 0 Å². The summed E-state index contributed by atoms with van der Waals surface area (Å²) in [6.07, 6.45) is 2.64. The fraction of sp³-hybridized carbons (Fsp3) is 0.486. The average Bonchev–Trinajstić information content (AvgIpc) is 3.84. The van der Waals surface area contributed by atoms with E-state index < -0.39 is 28.9 Å². The summed E-state index contributed by atoms with van der Waals surface area (Å²) in [5, 5.41) is 14.0. The number of carbonyl (C=O) groups excluding carboxylic acids is 3. The Morgan fingerprint density at radius 2 is 1.47 bits per heavy atom. The van der Waals surface area contributed by atoms with Gasteiger partial charge in [0.15, 0.2) is 0 Å². The number of urea groups is 2. The van der Waals surface area contributed by atoms with E-state index >= 15 is 0 Å². The summed E-state index contributed by atoms with van der Waals surface area (Å²) in [5.41, 5.74) is 3.50. The van der Waals surface area contributed by atoms with Crippen LogP contribution in [0.15, 0.2) is 57.4 Å². The Labute approximate surface area is 289 Å². The number of carbonyl (C=O) groups is 3. The zero-order valence-corrected chi connectivity index (χ0v) is 29.7. The largest absolute Gasteiger partial charge is 0.459 e. The molecule has 11 nitrogen and oxygen atoms in total. The van der Waals surface area contributed by atoms with Gasteiger partial charge in [0.2, 0.25) is 5.91 Å². The lowest BCUT2D eigenvalue weighted by atomic mass is 9.91. The van der Waals surface area contributed by atoms with Crippen LogP contribution in [-0.4, -0.2) is 63.3 Å². The van der Waals surface area contributed by atoms with E-state index in [1.165, 1.54) is 0 Å². The predicted octanol–water partition coefficient (Wildman–Crippen LogP) is 6.12. The number of benzene rings is 2. The zero-order valence-electron chi connectivity index (χ0n) is 28.8. The van der Waals surface area contributed by atoms with E-state index in [0.29, 0.717) is 55.3 Å². The third-order valence-electron chi connectivity index (χ3n) is 10.2. The van der Waals surface area contributed by atoms with Gasteiger partial charge in [-0.2, -0.15) is 0 Å². The van der Waals surface area contributed by atoms with Gasteiger partial charge in [-0.25, -0.2) is 9.59 Å². The molecule has 2 saturated heterocycles. The topological polar surface area (TPSA) is 146 Å². The van der Waals surface area contributed by atoms with Crippen molar-refractivity contribution in [2.24, 2.45) is 5.92 Å². The van der Waals surface area contributed by atoms with Gasteiger partial charge >= 0.3 is 12.1 Å². The minimum atomic E-state index is -0.898. The maximum Gasteiger partial charge on any atom is 0.316 e. The molecule has 2 aromatic carbocycles. The van der Waals surface area contributed by atoms with E-state index in [0.717, 1.165) is 33.1 Å². The van der Waals surface area contributed by atoms with Crippen molar-refractivity contribution in [3.8, 4) is 0 Å². The molecule has 7 atom stereocenters. The van der Waals surface area contributed by atoms with Crippen LogP contribution in [0.25, 0.3) is 21.9 Å². The molecular weight excluding hydrogens is 643 g/mol. The first-order chi connectivity index (χ1) is 23.5. The standard InChI is InChI=1S/C37H47N5O6S/c1-21(32(41-37(45)39-26-17-19-49(46)20-26)34-24(4)28-11-7-9-13-31(28)48-34)14-15-22(2)42-18-16-29(35(42)43)40-36(44)38-25(5)33-23(3)27-10-6-8-12-30(27)47-33/h6-13,21-22,25-26,29,32H,14-20H2,1-5H3,(H2,38,40,44)(H2,39,41,45)/t21?,22?,25-,26?,29?,32+,49?/m1/s1. The molecular formula is C37H47N5O6S. The van der Waals surface area contributed by atoms with Crippen LogP contribution in [0.1, 0.15) is 81.2 Å². The Kier molecular flexibility index (Phi) is 10.3. The number of nitrogens with one attached hydrogen (secondary N) is 4. The highest BCUT2D eigenvalue weighted by Gasteiger charge is 2.36. The number of nitrogens with zero attached hydrogens (tertiary/aromatic N) is 1. The summed E-state index contributed by atoms with van der Waals surface area (Å²) in [5.74, 6) is 2.35. The Morgan fingerprint density at radius 1 is 0.857 bits per heavy atom. The third-order valence-corrected chi connectivity index (χ3v) is 11.6. The molecule has 262 valence electrons. The van der Waals surface area contributed by atoms with Gasteiger partial charge in [-0.05, 0) is 71.4 Å². The van der Waals surface area contributed by atoms with Crippen LogP contribution in [-0.2, 0) is 15.6 Å². The smallest absolute Gasteiger partial charge is 0.316 e. The predicted molar refractivity (Wildman–Crippen MR) is 191 cm³/mol. The second-order valence-corrected chi connectivity index (χ2v) is 15.3. The summed E-state index contributed by atoms with van der Waals surface area (Å²) < 4.78 is 24.2. The first-order valence-electron chi connectivity index (χ1n) is 17.3. The fourth-order valence-corrected chi connectivity index (χ4v) is 8.68. The van der Waals surface area contributed by atoms with E-state index in [9.17, 15) is 18.6 Å². The van der Waals surface area contributed by atoms with E-state index in [1.807, 2.05) is 81.1 Å². The van der Waals surface area contributed by atoms with Crippen LogP contribution in [0.2, 0.25) is 0 Å². The number of rotatable bonds is 11. The first kappa shape index (κ1) is 34.5. The monoisotopic (exact) mass is 689 g/mol. The summed E-state index contributed by atoms with van der Waals surface area (Å²) in [4.78, 5) is 41.4. The molecule has 4 N–H and O–H groups in total. The van der Waals surface area contributed by atoms with Gasteiger partial charge in [0.05, 0.1) is 12.1 Å². The number of para-hydroxylation sites is 2. The Hall–Kier alpha value is -4.32. The van der Waals surface area contributed by atoms with Crippen molar-refractivity contribution >= 4 is 50.7 Å². The molecule has 2 aliphatic rings. The van der Waals surface area contributed by atoms with Gasteiger partial charge in [-0.15, -0.1) is 0 Å². The maximum absolute atomic E-state index is 13.5. The van der Waals surface area contributed by atoms with Gasteiger partial charge in [0.25, 0.3) is 0 Å². The lowest BCUT2D eigenvalue weighted by molar-refractivity contribution is -0.131. The molecule has 0 saturated carbocycles. The SMILES string of the molecule is Cc1c([C@@H](NC(=O)NC2CCS(=O)C2)C(C)CCC(C)N2CCC(NC(=O)N[C@H](C)c3oc4ccccc4c3C)C2=O)oc2ccccc12. The van der Waals surface area contributed by atoms with Crippen molar-refractivity contribution in [2.75, 3.05) is 18.1 Å². The highest BCUT2D eigenvalue weighted by Crippen LogP contribution is 2.35. The summed E-state index contributed by atoms with van der Waals surface area (Å²) in [6.45, 7) is 10.5.